The molecule has 8 heteroatoms. The summed E-state index contributed by atoms with van der Waals surface area (Å²) in [7, 11) is 0. The van der Waals surface area contributed by atoms with Gasteiger partial charge >= 0.3 is 6.09 Å². The SMILES string of the molecule is C[C@H]1CCC(=O)c2c(C(=O)Nc3ccc(CNC(=O)OC(C)(C)C)cc3)ncn21. The second-order valence-electron chi connectivity index (χ2n) is 8.17. The molecule has 1 aliphatic rings. The van der Waals surface area contributed by atoms with Gasteiger partial charge in [-0.15, -0.1) is 0 Å². The van der Waals surface area contributed by atoms with Crippen LogP contribution in [0.2, 0.25) is 0 Å². The fraction of sp³-hybridized carbons (Fsp3) is 0.429. The molecule has 0 spiro atoms. The highest BCUT2D eigenvalue weighted by atomic mass is 16.6. The fourth-order valence-electron chi connectivity index (χ4n) is 3.12. The van der Waals surface area contributed by atoms with Crippen molar-refractivity contribution in [1.82, 2.24) is 14.9 Å². The van der Waals surface area contributed by atoms with Crippen LogP contribution in [0.25, 0.3) is 0 Å². The van der Waals surface area contributed by atoms with Crippen molar-refractivity contribution < 1.29 is 19.1 Å². The largest absolute Gasteiger partial charge is 0.444 e. The van der Waals surface area contributed by atoms with Crippen LogP contribution in [0.4, 0.5) is 10.5 Å². The summed E-state index contributed by atoms with van der Waals surface area (Å²) < 4.78 is 6.97. The molecule has 1 atom stereocenters. The van der Waals surface area contributed by atoms with Crippen LogP contribution in [-0.4, -0.2) is 32.9 Å². The van der Waals surface area contributed by atoms with Crippen LogP contribution in [0.15, 0.2) is 30.6 Å². The van der Waals surface area contributed by atoms with Gasteiger partial charge in [0.25, 0.3) is 5.91 Å². The van der Waals surface area contributed by atoms with Crippen LogP contribution in [0.5, 0.6) is 0 Å². The van der Waals surface area contributed by atoms with Gasteiger partial charge in [-0.3, -0.25) is 9.59 Å². The molecular formula is C21H26N4O4. The van der Waals surface area contributed by atoms with Gasteiger partial charge < -0.3 is 19.9 Å². The van der Waals surface area contributed by atoms with Crippen molar-refractivity contribution in [2.45, 2.75) is 58.7 Å². The lowest BCUT2D eigenvalue weighted by atomic mass is 10.0. The van der Waals surface area contributed by atoms with Crippen molar-refractivity contribution in [2.75, 3.05) is 5.32 Å². The van der Waals surface area contributed by atoms with Gasteiger partial charge in [0.15, 0.2) is 11.5 Å². The van der Waals surface area contributed by atoms with Crippen molar-refractivity contribution in [1.29, 1.82) is 0 Å². The molecule has 0 unspecified atom stereocenters. The van der Waals surface area contributed by atoms with E-state index in [0.29, 0.717) is 24.3 Å². The number of carbonyl (C=O) groups excluding carboxylic acids is 3. The zero-order valence-corrected chi connectivity index (χ0v) is 17.1. The molecule has 0 fully saturated rings. The van der Waals surface area contributed by atoms with Crippen molar-refractivity contribution in [2.24, 2.45) is 0 Å². The van der Waals surface area contributed by atoms with Crippen molar-refractivity contribution in [3.63, 3.8) is 0 Å². The zero-order valence-electron chi connectivity index (χ0n) is 17.1. The third-order valence-electron chi connectivity index (χ3n) is 4.58. The summed E-state index contributed by atoms with van der Waals surface area (Å²) in [5.74, 6) is -0.477. The number of alkyl carbamates (subject to hydrolysis) is 1. The second kappa shape index (κ2) is 8.06. The third-order valence-corrected chi connectivity index (χ3v) is 4.58. The minimum atomic E-state index is -0.552. The van der Waals surface area contributed by atoms with Crippen LogP contribution in [0.3, 0.4) is 0 Å². The minimum Gasteiger partial charge on any atom is -0.444 e. The number of aromatic nitrogens is 2. The van der Waals surface area contributed by atoms with Crippen LogP contribution < -0.4 is 10.6 Å². The van der Waals surface area contributed by atoms with Gasteiger partial charge in [-0.1, -0.05) is 12.1 Å². The molecule has 1 aromatic heterocycles. The molecule has 0 bridgehead atoms. The quantitative estimate of drug-likeness (QED) is 0.818. The minimum absolute atomic E-state index is 0.0608. The smallest absolute Gasteiger partial charge is 0.407 e. The predicted molar refractivity (Wildman–Crippen MR) is 108 cm³/mol. The Labute approximate surface area is 169 Å². The van der Waals surface area contributed by atoms with Crippen molar-refractivity contribution >= 4 is 23.5 Å². The molecule has 8 nitrogen and oxygen atoms in total. The first-order valence-corrected chi connectivity index (χ1v) is 9.61. The van der Waals surface area contributed by atoms with E-state index in [-0.39, 0.29) is 17.5 Å². The average molecular weight is 398 g/mol. The number of imidazole rings is 1. The molecule has 0 radical (unpaired) electrons. The second-order valence-corrected chi connectivity index (χ2v) is 8.17. The Morgan fingerprint density at radius 2 is 1.93 bits per heavy atom. The van der Waals surface area contributed by atoms with E-state index in [0.717, 1.165) is 12.0 Å². The number of fused-ring (bicyclic) bond motifs is 1. The van der Waals surface area contributed by atoms with E-state index in [9.17, 15) is 14.4 Å². The van der Waals surface area contributed by atoms with E-state index in [1.165, 1.54) is 0 Å². The monoisotopic (exact) mass is 398 g/mol. The van der Waals surface area contributed by atoms with Crippen molar-refractivity contribution in [3.05, 3.63) is 47.5 Å². The normalized spacial score (nSPS) is 16.1. The molecule has 1 aliphatic heterocycles. The number of benzene rings is 1. The van der Waals surface area contributed by atoms with Gasteiger partial charge in [-0.25, -0.2) is 9.78 Å². The molecule has 2 N–H and O–H groups in total. The average Bonchev–Trinajstić information content (AvgIpc) is 3.09. The molecule has 0 saturated carbocycles. The highest BCUT2D eigenvalue weighted by Gasteiger charge is 2.29. The van der Waals surface area contributed by atoms with E-state index in [1.807, 2.05) is 6.92 Å². The molecule has 2 heterocycles. The number of nitrogens with one attached hydrogen (secondary N) is 2. The standard InChI is InChI=1S/C21H26N4O4/c1-13-5-10-16(26)18-17(23-12-25(13)18)19(27)24-15-8-6-14(7-9-15)11-22-20(28)29-21(2,3)4/h6-9,12-13H,5,10-11H2,1-4H3,(H,22,28)(H,24,27)/t13-/m0/s1. The number of ketones is 1. The molecule has 1 aromatic carbocycles. The Kier molecular flexibility index (Phi) is 5.72. The lowest BCUT2D eigenvalue weighted by Crippen LogP contribution is -2.32. The van der Waals surface area contributed by atoms with E-state index in [1.54, 1.807) is 55.9 Å². The predicted octanol–water partition coefficient (Wildman–Crippen LogP) is 3.70. The number of hydrogen-bond donors (Lipinski definition) is 2. The number of hydrogen-bond acceptors (Lipinski definition) is 5. The molecule has 0 saturated heterocycles. The maximum Gasteiger partial charge on any atom is 0.407 e. The van der Waals surface area contributed by atoms with Gasteiger partial charge in [0.1, 0.15) is 11.3 Å². The van der Waals surface area contributed by atoms with Crippen LogP contribution in [0.1, 0.15) is 73.1 Å². The van der Waals surface area contributed by atoms with E-state index < -0.39 is 17.6 Å². The van der Waals surface area contributed by atoms with E-state index >= 15 is 0 Å². The number of Topliss-reactive ketones (excluding diaryl/α,β-unsaturated/α-hetero) is 1. The molecule has 0 aliphatic carbocycles. The number of ether oxygens (including phenoxy) is 1. The highest BCUT2D eigenvalue weighted by Crippen LogP contribution is 2.26. The summed E-state index contributed by atoms with van der Waals surface area (Å²) in [6.07, 6.45) is 2.24. The van der Waals surface area contributed by atoms with Gasteiger partial charge in [0.2, 0.25) is 0 Å². The highest BCUT2D eigenvalue weighted by molar-refractivity contribution is 6.11. The Morgan fingerprint density at radius 1 is 1.24 bits per heavy atom. The topological polar surface area (TPSA) is 102 Å². The molecule has 2 aromatic rings. The first kappa shape index (κ1) is 20.6. The summed E-state index contributed by atoms with van der Waals surface area (Å²) in [6, 6.07) is 7.20. The Balaban J connectivity index is 1.61. The van der Waals surface area contributed by atoms with Crippen LogP contribution in [0, 0.1) is 0 Å². The molecular weight excluding hydrogens is 372 g/mol. The Hall–Kier alpha value is -3.16. The fourth-order valence-corrected chi connectivity index (χ4v) is 3.12. The molecule has 29 heavy (non-hydrogen) atoms. The lowest BCUT2D eigenvalue weighted by Gasteiger charge is -2.21. The summed E-state index contributed by atoms with van der Waals surface area (Å²) >= 11 is 0. The maximum absolute atomic E-state index is 12.6. The maximum atomic E-state index is 12.6. The third kappa shape index (κ3) is 5.01. The Morgan fingerprint density at radius 3 is 2.59 bits per heavy atom. The van der Waals surface area contributed by atoms with E-state index in [2.05, 4.69) is 15.6 Å². The van der Waals surface area contributed by atoms with Gasteiger partial charge in [0.05, 0.1) is 6.33 Å². The number of nitrogens with zero attached hydrogens (tertiary/aromatic N) is 2. The first-order chi connectivity index (χ1) is 13.6. The molecule has 154 valence electrons. The van der Waals surface area contributed by atoms with Crippen LogP contribution in [-0.2, 0) is 11.3 Å². The van der Waals surface area contributed by atoms with Crippen LogP contribution >= 0.6 is 0 Å². The van der Waals surface area contributed by atoms with Gasteiger partial charge in [-0.2, -0.15) is 0 Å². The summed E-state index contributed by atoms with van der Waals surface area (Å²) in [4.78, 5) is 40.7. The number of carbonyl (C=O) groups is 3. The van der Waals surface area contributed by atoms with Gasteiger partial charge in [-0.05, 0) is 51.8 Å². The zero-order chi connectivity index (χ0) is 21.2. The van der Waals surface area contributed by atoms with Gasteiger partial charge in [0, 0.05) is 24.7 Å². The summed E-state index contributed by atoms with van der Waals surface area (Å²) in [5, 5.41) is 5.46. The first-order valence-electron chi connectivity index (χ1n) is 9.61. The van der Waals surface area contributed by atoms with E-state index in [4.69, 9.17) is 4.74 Å². The summed E-state index contributed by atoms with van der Waals surface area (Å²) in [6.45, 7) is 7.72. The number of amides is 2. The number of anilines is 1. The number of rotatable bonds is 4. The summed E-state index contributed by atoms with van der Waals surface area (Å²) in [5.41, 5.74) is 1.41. The Bertz CT molecular complexity index is 925. The molecule has 2 amide bonds. The lowest BCUT2D eigenvalue weighted by molar-refractivity contribution is 0.0523. The molecule has 3 rings (SSSR count). The van der Waals surface area contributed by atoms with Crippen molar-refractivity contribution in [3.8, 4) is 0 Å².